The SMILES string of the molecule is CC/C=C/C(=O)N1C[C@H](C)N(c2nc(=O)n(-c3c(C4CC4)ncnc3C3CC3)c3nc(-c4c(N)cccc4F)c(Cl)cc23)C[C@H]1C. The number of halogens is 2. The largest absolute Gasteiger partial charge is 0.398 e. The molecule has 4 heterocycles. The predicted octanol–water partition coefficient (Wildman–Crippen LogP) is 5.76. The average molecular weight is 643 g/mol. The van der Waals surface area contributed by atoms with Gasteiger partial charge in [-0.1, -0.05) is 30.7 Å². The number of aromatic nitrogens is 5. The van der Waals surface area contributed by atoms with Crippen LogP contribution in [0.25, 0.3) is 28.0 Å². The topological polar surface area (TPSA) is 123 Å². The first kappa shape index (κ1) is 30.3. The second kappa shape index (κ2) is 11.8. The Bertz CT molecular complexity index is 1900. The number of fused-ring (bicyclic) bond motifs is 1. The lowest BCUT2D eigenvalue weighted by Gasteiger charge is -2.44. The number of nitrogens with two attached hydrogens (primary N) is 1. The van der Waals surface area contributed by atoms with Gasteiger partial charge in [0.1, 0.15) is 18.0 Å². The first-order chi connectivity index (χ1) is 22.2. The highest BCUT2D eigenvalue weighted by atomic mass is 35.5. The molecule has 2 saturated carbocycles. The van der Waals surface area contributed by atoms with E-state index >= 15 is 4.39 Å². The average Bonchev–Trinajstić information content (AvgIpc) is 3.95. The quantitative estimate of drug-likeness (QED) is 0.199. The minimum Gasteiger partial charge on any atom is -0.398 e. The van der Waals surface area contributed by atoms with E-state index in [0.717, 1.165) is 43.5 Å². The molecular weight excluding hydrogens is 607 g/mol. The van der Waals surface area contributed by atoms with Crippen LogP contribution in [-0.2, 0) is 4.79 Å². The molecule has 10 nitrogen and oxygen atoms in total. The third-order valence-corrected chi connectivity index (χ3v) is 9.44. The fraction of sp³-hybridized carbons (Fsp3) is 0.412. The highest BCUT2D eigenvalue weighted by molar-refractivity contribution is 6.34. The molecule has 46 heavy (non-hydrogen) atoms. The van der Waals surface area contributed by atoms with Crippen LogP contribution in [0.3, 0.4) is 0 Å². The summed E-state index contributed by atoms with van der Waals surface area (Å²) in [6, 6.07) is 5.78. The second-order valence-electron chi connectivity index (χ2n) is 12.6. The predicted molar refractivity (Wildman–Crippen MR) is 177 cm³/mol. The van der Waals surface area contributed by atoms with Crippen molar-refractivity contribution < 1.29 is 9.18 Å². The van der Waals surface area contributed by atoms with Gasteiger partial charge in [-0.15, -0.1) is 0 Å². The van der Waals surface area contributed by atoms with Crippen LogP contribution in [0.4, 0.5) is 15.9 Å². The highest BCUT2D eigenvalue weighted by Crippen LogP contribution is 2.48. The summed E-state index contributed by atoms with van der Waals surface area (Å²) in [6.07, 6.45) is 9.69. The maximum atomic E-state index is 15.3. The molecular formula is C34H36ClFN8O2. The van der Waals surface area contributed by atoms with Gasteiger partial charge in [-0.2, -0.15) is 4.98 Å². The lowest BCUT2D eigenvalue weighted by molar-refractivity contribution is -0.128. The number of nitrogens with zero attached hydrogens (tertiary/aromatic N) is 7. The minimum absolute atomic E-state index is 0.0461. The van der Waals surface area contributed by atoms with Crippen molar-refractivity contribution in [2.75, 3.05) is 23.7 Å². The van der Waals surface area contributed by atoms with E-state index < -0.39 is 11.5 Å². The maximum absolute atomic E-state index is 15.3. The van der Waals surface area contributed by atoms with Crippen molar-refractivity contribution in [2.24, 2.45) is 0 Å². The molecule has 2 aliphatic carbocycles. The van der Waals surface area contributed by atoms with Crippen molar-refractivity contribution in [2.45, 2.75) is 76.8 Å². The van der Waals surface area contributed by atoms with Gasteiger partial charge in [-0.3, -0.25) is 4.79 Å². The molecule has 1 saturated heterocycles. The van der Waals surface area contributed by atoms with Gasteiger partial charge in [-0.05, 0) is 70.2 Å². The minimum atomic E-state index is -0.572. The van der Waals surface area contributed by atoms with E-state index in [1.165, 1.54) is 16.7 Å². The monoisotopic (exact) mass is 642 g/mol. The van der Waals surface area contributed by atoms with Crippen LogP contribution in [0.15, 0.2) is 47.5 Å². The number of piperazine rings is 1. The number of allylic oxidation sites excluding steroid dienone is 1. The molecule has 7 rings (SSSR count). The number of carbonyl (C=O) groups excluding carboxylic acids is 1. The third-order valence-electron chi connectivity index (χ3n) is 9.15. The van der Waals surface area contributed by atoms with Gasteiger partial charge in [0.15, 0.2) is 5.65 Å². The Morgan fingerprint density at radius 1 is 1.07 bits per heavy atom. The molecule has 12 heteroatoms. The summed E-state index contributed by atoms with van der Waals surface area (Å²) in [5, 5.41) is 0.700. The molecule has 3 aliphatic rings. The zero-order valence-corrected chi connectivity index (χ0v) is 26.8. The maximum Gasteiger partial charge on any atom is 0.355 e. The molecule has 2 N–H and O–H groups in total. The molecule has 4 aromatic rings. The van der Waals surface area contributed by atoms with E-state index in [1.54, 1.807) is 24.5 Å². The molecule has 238 valence electrons. The van der Waals surface area contributed by atoms with Crippen molar-refractivity contribution in [3.05, 3.63) is 75.5 Å². The van der Waals surface area contributed by atoms with Crippen molar-refractivity contribution in [1.82, 2.24) is 29.4 Å². The second-order valence-corrected chi connectivity index (χ2v) is 13.0. The molecule has 1 amide bonds. The fourth-order valence-electron chi connectivity index (χ4n) is 6.48. The number of anilines is 2. The van der Waals surface area contributed by atoms with Crippen LogP contribution >= 0.6 is 11.6 Å². The van der Waals surface area contributed by atoms with Crippen molar-refractivity contribution >= 4 is 40.0 Å². The van der Waals surface area contributed by atoms with Crippen molar-refractivity contribution in [3.8, 4) is 16.9 Å². The van der Waals surface area contributed by atoms with Gasteiger partial charge < -0.3 is 15.5 Å². The van der Waals surface area contributed by atoms with Crippen LogP contribution in [-0.4, -0.2) is 60.5 Å². The van der Waals surface area contributed by atoms with Gasteiger partial charge in [0.05, 0.1) is 38.7 Å². The van der Waals surface area contributed by atoms with Gasteiger partial charge in [0.25, 0.3) is 0 Å². The van der Waals surface area contributed by atoms with Crippen LogP contribution in [0.2, 0.25) is 5.02 Å². The normalized spacial score (nSPS) is 20.2. The Labute approximate surface area is 271 Å². The van der Waals surface area contributed by atoms with E-state index in [-0.39, 0.29) is 57.4 Å². The Morgan fingerprint density at radius 3 is 2.39 bits per heavy atom. The summed E-state index contributed by atoms with van der Waals surface area (Å²) in [6.45, 7) is 6.85. The molecule has 1 aromatic carbocycles. The number of nitrogen functional groups attached to an aromatic ring is 1. The molecule has 0 bridgehead atoms. The number of rotatable bonds is 7. The molecule has 3 aromatic heterocycles. The summed E-state index contributed by atoms with van der Waals surface area (Å²) in [4.78, 5) is 50.1. The van der Waals surface area contributed by atoms with Crippen LogP contribution < -0.4 is 16.3 Å². The number of amides is 1. The summed E-state index contributed by atoms with van der Waals surface area (Å²) in [7, 11) is 0. The molecule has 0 radical (unpaired) electrons. The highest BCUT2D eigenvalue weighted by Gasteiger charge is 2.38. The Morgan fingerprint density at radius 2 is 1.76 bits per heavy atom. The van der Waals surface area contributed by atoms with E-state index in [4.69, 9.17) is 22.3 Å². The van der Waals surface area contributed by atoms with Gasteiger partial charge in [0, 0.05) is 42.7 Å². The Hall–Kier alpha value is -4.38. The standard InChI is InChI=1S/C34H36ClFN8O2/c1-4-5-9-26(45)42-15-19(3)43(16-18(42)2)32-22-14-23(35)30(27-24(36)7-6-8-25(27)37)40-33(22)44(34(46)41-32)31-28(20-10-11-20)38-17-39-29(31)21-12-13-21/h5-9,14,17-21H,4,10-13,15-16,37H2,1-3H3/b9-5+/t18-,19+/m1/s1. The summed E-state index contributed by atoms with van der Waals surface area (Å²) in [5.74, 6) is 0.207. The Kier molecular flexibility index (Phi) is 7.75. The van der Waals surface area contributed by atoms with Crippen LogP contribution in [0.1, 0.15) is 76.1 Å². The van der Waals surface area contributed by atoms with E-state index in [9.17, 15) is 9.59 Å². The summed E-state index contributed by atoms with van der Waals surface area (Å²) >= 11 is 6.89. The van der Waals surface area contributed by atoms with Gasteiger partial charge in [0.2, 0.25) is 5.91 Å². The fourth-order valence-corrected chi connectivity index (χ4v) is 6.73. The molecule has 1 aliphatic heterocycles. The molecule has 0 unspecified atom stereocenters. The van der Waals surface area contributed by atoms with E-state index in [1.807, 2.05) is 36.6 Å². The Balaban J connectivity index is 1.46. The van der Waals surface area contributed by atoms with Gasteiger partial charge in [-0.25, -0.2) is 28.7 Å². The number of carbonyl (C=O) groups is 1. The zero-order valence-electron chi connectivity index (χ0n) is 26.1. The van der Waals surface area contributed by atoms with E-state index in [0.29, 0.717) is 30.0 Å². The number of hydrogen-bond acceptors (Lipinski definition) is 8. The van der Waals surface area contributed by atoms with Crippen molar-refractivity contribution in [3.63, 3.8) is 0 Å². The summed E-state index contributed by atoms with van der Waals surface area (Å²) < 4.78 is 16.8. The van der Waals surface area contributed by atoms with Crippen LogP contribution in [0.5, 0.6) is 0 Å². The summed E-state index contributed by atoms with van der Waals surface area (Å²) in [5.41, 5.74) is 8.58. The third kappa shape index (κ3) is 5.30. The molecule has 3 fully saturated rings. The zero-order chi connectivity index (χ0) is 32.3. The van der Waals surface area contributed by atoms with Gasteiger partial charge >= 0.3 is 5.69 Å². The molecule has 0 spiro atoms. The van der Waals surface area contributed by atoms with Crippen molar-refractivity contribution in [1.29, 1.82) is 0 Å². The van der Waals surface area contributed by atoms with Crippen LogP contribution in [0, 0.1) is 5.82 Å². The first-order valence-electron chi connectivity index (χ1n) is 15.9. The number of benzene rings is 1. The van der Waals surface area contributed by atoms with E-state index in [2.05, 4.69) is 15.0 Å². The molecule has 2 atom stereocenters. The smallest absolute Gasteiger partial charge is 0.355 e. The lowest BCUT2D eigenvalue weighted by atomic mass is 10.1. The first-order valence-corrected chi connectivity index (χ1v) is 16.3. The number of hydrogen-bond donors (Lipinski definition) is 1. The lowest BCUT2D eigenvalue weighted by Crippen LogP contribution is -2.58. The number of pyridine rings is 1.